The molecule has 3 N–H and O–H groups in total. The summed E-state index contributed by atoms with van der Waals surface area (Å²) in [6, 6.07) is 5.70. The van der Waals surface area contributed by atoms with Crippen LogP contribution in [0.15, 0.2) is 40.5 Å². The van der Waals surface area contributed by atoms with E-state index >= 15 is 0 Å². The van der Waals surface area contributed by atoms with Crippen molar-refractivity contribution in [3.63, 3.8) is 0 Å². The number of carbonyl (C=O) groups excluding carboxylic acids is 2. The number of nitrogens with two attached hydrogens (primary N) is 1. The third-order valence-electron chi connectivity index (χ3n) is 3.33. The highest BCUT2D eigenvalue weighted by molar-refractivity contribution is 6.72. The minimum Gasteiger partial charge on any atom is -0.465 e. The SMILES string of the molecule is CN=C(Cl)C(C(=O)NC(C)c1ccc(C(=O)OC)cc1)=C(N)C(F)F. The van der Waals surface area contributed by atoms with E-state index < -0.39 is 40.8 Å². The summed E-state index contributed by atoms with van der Waals surface area (Å²) >= 11 is 5.73. The monoisotopic (exact) mass is 373 g/mol. The van der Waals surface area contributed by atoms with E-state index in [0.29, 0.717) is 11.1 Å². The van der Waals surface area contributed by atoms with Crippen LogP contribution in [0, 0.1) is 0 Å². The van der Waals surface area contributed by atoms with Gasteiger partial charge < -0.3 is 15.8 Å². The predicted molar refractivity (Wildman–Crippen MR) is 90.8 cm³/mol. The van der Waals surface area contributed by atoms with Crippen LogP contribution in [0.1, 0.15) is 28.9 Å². The third kappa shape index (κ3) is 5.25. The number of esters is 1. The van der Waals surface area contributed by atoms with Crippen LogP contribution in [0.2, 0.25) is 0 Å². The van der Waals surface area contributed by atoms with Gasteiger partial charge in [-0.1, -0.05) is 23.7 Å². The summed E-state index contributed by atoms with van der Waals surface area (Å²) in [7, 11) is 2.52. The number of aliphatic imine (C=N–C) groups is 1. The van der Waals surface area contributed by atoms with Crippen molar-refractivity contribution in [1.82, 2.24) is 5.32 Å². The summed E-state index contributed by atoms with van der Waals surface area (Å²) in [5.74, 6) is -1.37. The molecule has 1 amide bonds. The molecule has 1 aromatic rings. The highest BCUT2D eigenvalue weighted by Crippen LogP contribution is 2.18. The summed E-state index contributed by atoms with van der Waals surface area (Å²) < 4.78 is 30.3. The van der Waals surface area contributed by atoms with Gasteiger partial charge in [0.2, 0.25) is 0 Å². The van der Waals surface area contributed by atoms with Gasteiger partial charge in [0, 0.05) is 7.05 Å². The van der Waals surface area contributed by atoms with Crippen molar-refractivity contribution in [3.8, 4) is 0 Å². The number of nitrogens with zero attached hydrogens (tertiary/aromatic N) is 1. The van der Waals surface area contributed by atoms with Gasteiger partial charge in [-0.3, -0.25) is 9.79 Å². The van der Waals surface area contributed by atoms with E-state index in [4.69, 9.17) is 17.3 Å². The lowest BCUT2D eigenvalue weighted by atomic mass is 10.1. The minimum atomic E-state index is -3.05. The molecule has 0 aliphatic rings. The molecule has 25 heavy (non-hydrogen) atoms. The average molecular weight is 374 g/mol. The summed E-state index contributed by atoms with van der Waals surface area (Å²) in [5, 5.41) is 2.10. The van der Waals surface area contributed by atoms with Gasteiger partial charge in [0.1, 0.15) is 10.7 Å². The van der Waals surface area contributed by atoms with E-state index in [9.17, 15) is 18.4 Å². The molecule has 0 aliphatic carbocycles. The fourth-order valence-electron chi connectivity index (χ4n) is 1.94. The summed E-state index contributed by atoms with van der Waals surface area (Å²) in [5.41, 5.74) is 4.72. The first-order chi connectivity index (χ1) is 11.7. The topological polar surface area (TPSA) is 93.8 Å². The molecule has 0 spiro atoms. The molecule has 0 heterocycles. The van der Waals surface area contributed by atoms with E-state index in [2.05, 4.69) is 15.0 Å². The fraction of sp³-hybridized carbons (Fsp3) is 0.312. The van der Waals surface area contributed by atoms with Gasteiger partial charge in [-0.2, -0.15) is 0 Å². The number of alkyl halides is 2. The molecule has 1 unspecified atom stereocenters. The zero-order valence-corrected chi connectivity index (χ0v) is 14.6. The number of nitrogens with one attached hydrogen (secondary N) is 1. The maximum Gasteiger partial charge on any atom is 0.337 e. The first-order valence-electron chi connectivity index (χ1n) is 7.12. The molecule has 136 valence electrons. The second-order valence-corrected chi connectivity index (χ2v) is 5.31. The van der Waals surface area contributed by atoms with Crippen LogP contribution in [0.25, 0.3) is 0 Å². The van der Waals surface area contributed by atoms with Gasteiger partial charge in [-0.25, -0.2) is 13.6 Å². The van der Waals surface area contributed by atoms with E-state index in [1.807, 2.05) is 0 Å². The van der Waals surface area contributed by atoms with E-state index in [1.54, 1.807) is 19.1 Å². The number of ether oxygens (including phenoxy) is 1. The molecule has 1 rings (SSSR count). The van der Waals surface area contributed by atoms with Crippen LogP contribution in [-0.4, -0.2) is 37.6 Å². The van der Waals surface area contributed by atoms with Crippen LogP contribution >= 0.6 is 11.6 Å². The smallest absolute Gasteiger partial charge is 0.337 e. The number of rotatable bonds is 6. The zero-order chi connectivity index (χ0) is 19.1. The van der Waals surface area contributed by atoms with Gasteiger partial charge in [0.25, 0.3) is 12.3 Å². The second-order valence-electron chi connectivity index (χ2n) is 4.95. The van der Waals surface area contributed by atoms with E-state index in [1.165, 1.54) is 26.3 Å². The lowest BCUT2D eigenvalue weighted by molar-refractivity contribution is -0.117. The third-order valence-corrected chi connectivity index (χ3v) is 3.69. The normalized spacial score (nSPS) is 14.0. The summed E-state index contributed by atoms with van der Waals surface area (Å²) in [6.07, 6.45) is -3.05. The Kier molecular flexibility index (Phi) is 7.50. The summed E-state index contributed by atoms with van der Waals surface area (Å²) in [6.45, 7) is 1.64. The van der Waals surface area contributed by atoms with Gasteiger partial charge in [-0.05, 0) is 24.6 Å². The largest absolute Gasteiger partial charge is 0.465 e. The Morgan fingerprint density at radius 1 is 1.28 bits per heavy atom. The molecule has 0 saturated carbocycles. The van der Waals surface area contributed by atoms with E-state index in [0.717, 1.165) is 0 Å². The van der Waals surface area contributed by atoms with E-state index in [-0.39, 0.29) is 0 Å². The molecule has 0 fully saturated rings. The van der Waals surface area contributed by atoms with Crippen LogP contribution in [-0.2, 0) is 9.53 Å². The van der Waals surface area contributed by atoms with Crippen LogP contribution in [0.4, 0.5) is 8.78 Å². The molecule has 0 saturated heterocycles. The van der Waals surface area contributed by atoms with Gasteiger partial charge in [0.05, 0.1) is 24.4 Å². The molecule has 0 radical (unpaired) electrons. The molecular weight excluding hydrogens is 356 g/mol. The zero-order valence-electron chi connectivity index (χ0n) is 13.8. The van der Waals surface area contributed by atoms with Crippen molar-refractivity contribution in [2.75, 3.05) is 14.2 Å². The highest BCUT2D eigenvalue weighted by Gasteiger charge is 2.24. The lowest BCUT2D eigenvalue weighted by Gasteiger charge is -2.17. The average Bonchev–Trinajstić information content (AvgIpc) is 2.60. The predicted octanol–water partition coefficient (Wildman–Crippen LogP) is 2.40. The quantitative estimate of drug-likeness (QED) is 0.455. The Morgan fingerprint density at radius 2 is 1.84 bits per heavy atom. The maximum absolute atomic E-state index is 12.8. The first kappa shape index (κ1) is 20.6. The first-order valence-corrected chi connectivity index (χ1v) is 7.50. The van der Waals surface area contributed by atoms with Crippen molar-refractivity contribution >= 4 is 28.6 Å². The molecular formula is C16H18ClF2N3O3. The number of hydrogen-bond donors (Lipinski definition) is 2. The number of halogens is 3. The van der Waals surface area contributed by atoms with Crippen molar-refractivity contribution in [2.45, 2.75) is 19.4 Å². The second kappa shape index (κ2) is 9.12. The number of benzene rings is 1. The standard InChI is InChI=1S/C16H18ClF2N3O3/c1-8(9-4-6-10(7-5-9)16(24)25-3)22-15(23)11(13(17)21-2)12(20)14(18)19/h4-8,14H,20H2,1-3H3,(H,22,23). The molecule has 0 aliphatic heterocycles. The molecule has 6 nitrogen and oxygen atoms in total. The van der Waals surface area contributed by atoms with Gasteiger partial charge in [0.15, 0.2) is 0 Å². The maximum atomic E-state index is 12.8. The molecule has 9 heteroatoms. The Morgan fingerprint density at radius 3 is 2.28 bits per heavy atom. The Bertz CT molecular complexity index is 703. The molecule has 0 bridgehead atoms. The lowest BCUT2D eigenvalue weighted by Crippen LogP contribution is -2.33. The van der Waals surface area contributed by atoms with Crippen LogP contribution in [0.5, 0.6) is 0 Å². The Balaban J connectivity index is 3.01. The Labute approximate surface area is 148 Å². The van der Waals surface area contributed by atoms with Crippen LogP contribution in [0.3, 0.4) is 0 Å². The Hall–Kier alpha value is -2.48. The number of amides is 1. The summed E-state index contributed by atoms with van der Waals surface area (Å²) in [4.78, 5) is 27.2. The molecule has 1 atom stereocenters. The molecule has 0 aromatic heterocycles. The number of allylic oxidation sites excluding steroid dienone is 1. The number of methoxy groups -OCH3 is 1. The van der Waals surface area contributed by atoms with Crippen molar-refractivity contribution < 1.29 is 23.1 Å². The van der Waals surface area contributed by atoms with Crippen molar-refractivity contribution in [2.24, 2.45) is 10.7 Å². The van der Waals surface area contributed by atoms with Crippen molar-refractivity contribution in [3.05, 3.63) is 46.7 Å². The fourth-order valence-corrected chi connectivity index (χ4v) is 2.14. The number of carbonyl (C=O) groups is 2. The van der Waals surface area contributed by atoms with Gasteiger partial charge in [-0.15, -0.1) is 0 Å². The minimum absolute atomic E-state index is 0.341. The molecule has 1 aromatic carbocycles. The van der Waals surface area contributed by atoms with Gasteiger partial charge >= 0.3 is 5.97 Å². The van der Waals surface area contributed by atoms with Crippen LogP contribution < -0.4 is 11.1 Å². The highest BCUT2D eigenvalue weighted by atomic mass is 35.5. The number of hydrogen-bond acceptors (Lipinski definition) is 5. The van der Waals surface area contributed by atoms with Crippen molar-refractivity contribution in [1.29, 1.82) is 0 Å².